The average Bonchev–Trinajstić information content (AvgIpc) is 2.30. The first-order valence-electron chi connectivity index (χ1n) is 4.07. The van der Waals surface area contributed by atoms with E-state index in [4.69, 9.17) is 0 Å². The molecule has 1 aliphatic carbocycles. The van der Waals surface area contributed by atoms with Crippen molar-refractivity contribution in [2.24, 2.45) is 0 Å². The van der Waals surface area contributed by atoms with Crippen molar-refractivity contribution in [2.75, 3.05) is 0 Å². The normalized spacial score (nSPS) is 19.5. The van der Waals surface area contributed by atoms with Crippen molar-refractivity contribution >= 4 is 5.57 Å². The van der Waals surface area contributed by atoms with Crippen LogP contribution in [0, 0.1) is 0 Å². The van der Waals surface area contributed by atoms with Gasteiger partial charge in [-0.2, -0.15) is 0 Å². The van der Waals surface area contributed by atoms with Gasteiger partial charge in [0.15, 0.2) is 0 Å². The summed E-state index contributed by atoms with van der Waals surface area (Å²) in [7, 11) is 0. The van der Waals surface area contributed by atoms with Crippen LogP contribution in [0.1, 0.15) is 32.3 Å². The maximum absolute atomic E-state index is 2.32. The van der Waals surface area contributed by atoms with Gasteiger partial charge in [0.25, 0.3) is 0 Å². The third kappa shape index (κ3) is 1.52. The van der Waals surface area contributed by atoms with Crippen LogP contribution in [-0.2, 0) is 0 Å². The molecule has 1 aliphatic rings. The summed E-state index contributed by atoms with van der Waals surface area (Å²) in [5, 5.41) is 0. The fraction of sp³-hybridized carbons (Fsp3) is 0.273. The Morgan fingerprint density at radius 1 is 1.25 bits per heavy atom. The summed E-state index contributed by atoms with van der Waals surface area (Å²) >= 11 is 0. The molecule has 1 unspecified atom stereocenters. The maximum Gasteiger partial charge on any atom is 1.00 e. The third-order valence-corrected chi connectivity index (χ3v) is 2.38. The molecule has 1 aromatic rings. The third-order valence-electron chi connectivity index (χ3n) is 2.38. The molecule has 12 heavy (non-hydrogen) atoms. The summed E-state index contributed by atoms with van der Waals surface area (Å²) in [6.45, 7) is 4.43. The van der Waals surface area contributed by atoms with Gasteiger partial charge in [-0.3, -0.25) is 0 Å². The van der Waals surface area contributed by atoms with Crippen LogP contribution in [0.5, 0.6) is 0 Å². The fourth-order valence-corrected chi connectivity index (χ4v) is 1.81. The zero-order valence-corrected chi connectivity index (χ0v) is 9.96. The Morgan fingerprint density at radius 3 is 2.58 bits per heavy atom. The maximum atomic E-state index is 2.32. The predicted molar refractivity (Wildman–Crippen MR) is 49.6 cm³/mol. The molecule has 0 spiro atoms. The Labute approximate surface area is 97.5 Å². The van der Waals surface area contributed by atoms with Crippen molar-refractivity contribution in [3.05, 3.63) is 41.5 Å². The van der Waals surface area contributed by atoms with Crippen LogP contribution in [-0.4, -0.2) is 0 Å². The Kier molecular flexibility index (Phi) is 3.16. The van der Waals surface area contributed by atoms with Gasteiger partial charge in [-0.05, 0) is 23.6 Å². The van der Waals surface area contributed by atoms with Crippen molar-refractivity contribution in [1.82, 2.24) is 0 Å². The van der Waals surface area contributed by atoms with E-state index in [0.29, 0.717) is 5.92 Å². The summed E-state index contributed by atoms with van der Waals surface area (Å²) in [4.78, 5) is 0. The number of fused-ring (bicyclic) bond motifs is 1. The average molecular weight is 168 g/mol. The molecular weight excluding hydrogens is 155 g/mol. The molecule has 0 fully saturated rings. The summed E-state index contributed by atoms with van der Waals surface area (Å²) in [6.07, 6.45) is 2.32. The molecule has 1 aromatic carbocycles. The van der Waals surface area contributed by atoms with Crippen LogP contribution < -0.4 is 29.6 Å². The fourth-order valence-electron chi connectivity index (χ4n) is 1.81. The van der Waals surface area contributed by atoms with E-state index in [0.717, 1.165) is 0 Å². The van der Waals surface area contributed by atoms with Crippen molar-refractivity contribution in [2.45, 2.75) is 19.8 Å². The standard InChI is InChI=1S/C11H12.Na.H/c1-8-7-9(2)11-6-4-3-5-10(8)11;;/h3-8H,1-2H3;;/q;+1;-1. The van der Waals surface area contributed by atoms with Crippen molar-refractivity contribution in [1.29, 1.82) is 0 Å². The second-order valence-corrected chi connectivity index (χ2v) is 3.23. The molecule has 0 saturated carbocycles. The van der Waals surface area contributed by atoms with Crippen LogP contribution in [0.4, 0.5) is 0 Å². The molecule has 1 atom stereocenters. The molecule has 0 heterocycles. The molecule has 0 aliphatic heterocycles. The molecule has 0 nitrogen and oxygen atoms in total. The zero-order valence-electron chi connectivity index (χ0n) is 8.96. The number of allylic oxidation sites excluding steroid dienone is 2. The smallest absolute Gasteiger partial charge is 1.00 e. The number of benzene rings is 1. The summed E-state index contributed by atoms with van der Waals surface area (Å²) in [5.41, 5.74) is 4.33. The minimum Gasteiger partial charge on any atom is -1.00 e. The van der Waals surface area contributed by atoms with Crippen LogP contribution in [0.3, 0.4) is 0 Å². The van der Waals surface area contributed by atoms with Gasteiger partial charge in [-0.15, -0.1) is 0 Å². The van der Waals surface area contributed by atoms with E-state index in [1.54, 1.807) is 0 Å². The van der Waals surface area contributed by atoms with Crippen molar-refractivity contribution in [3.63, 3.8) is 0 Å². The van der Waals surface area contributed by atoms with Gasteiger partial charge in [0.05, 0.1) is 0 Å². The molecule has 58 valence electrons. The van der Waals surface area contributed by atoms with Gasteiger partial charge in [-0.1, -0.05) is 37.3 Å². The number of hydrogen-bond acceptors (Lipinski definition) is 0. The second-order valence-electron chi connectivity index (χ2n) is 3.23. The predicted octanol–water partition coefficient (Wildman–Crippen LogP) is 0.323. The second kappa shape index (κ2) is 3.78. The number of hydrogen-bond donors (Lipinski definition) is 0. The van der Waals surface area contributed by atoms with Crippen LogP contribution >= 0.6 is 0 Å². The van der Waals surface area contributed by atoms with E-state index in [1.807, 2.05) is 0 Å². The quantitative estimate of drug-likeness (QED) is 0.489. The first-order chi connectivity index (χ1) is 5.29. The molecule has 0 amide bonds. The summed E-state index contributed by atoms with van der Waals surface area (Å²) < 4.78 is 0. The van der Waals surface area contributed by atoms with E-state index in [-0.39, 0.29) is 31.0 Å². The zero-order chi connectivity index (χ0) is 7.84. The molecule has 0 saturated heterocycles. The van der Waals surface area contributed by atoms with Gasteiger partial charge in [0.2, 0.25) is 0 Å². The molecular formula is C11H13Na. The van der Waals surface area contributed by atoms with Gasteiger partial charge >= 0.3 is 29.6 Å². The van der Waals surface area contributed by atoms with Crippen molar-refractivity contribution in [3.8, 4) is 0 Å². The Morgan fingerprint density at radius 2 is 1.92 bits per heavy atom. The van der Waals surface area contributed by atoms with Gasteiger partial charge < -0.3 is 1.43 Å². The molecule has 0 aromatic heterocycles. The Hall–Kier alpha value is -0.0400. The topological polar surface area (TPSA) is 0 Å². The van der Waals surface area contributed by atoms with E-state index >= 15 is 0 Å². The Bertz CT molecular complexity index is 318. The van der Waals surface area contributed by atoms with Crippen LogP contribution in [0.2, 0.25) is 0 Å². The summed E-state index contributed by atoms with van der Waals surface area (Å²) in [5.74, 6) is 0.617. The van der Waals surface area contributed by atoms with Gasteiger partial charge in [-0.25, -0.2) is 0 Å². The monoisotopic (exact) mass is 168 g/mol. The van der Waals surface area contributed by atoms with Gasteiger partial charge in [0.1, 0.15) is 0 Å². The summed E-state index contributed by atoms with van der Waals surface area (Å²) in [6, 6.07) is 8.63. The van der Waals surface area contributed by atoms with E-state index in [2.05, 4.69) is 44.2 Å². The molecule has 2 rings (SSSR count). The minimum absolute atomic E-state index is 0. The molecule has 0 bridgehead atoms. The first kappa shape index (κ1) is 10.0. The van der Waals surface area contributed by atoms with Crippen molar-refractivity contribution < 1.29 is 31.0 Å². The molecule has 0 radical (unpaired) electrons. The van der Waals surface area contributed by atoms with E-state index < -0.39 is 0 Å². The molecule has 1 heteroatoms. The molecule has 0 N–H and O–H groups in total. The van der Waals surface area contributed by atoms with Gasteiger partial charge in [0, 0.05) is 5.92 Å². The van der Waals surface area contributed by atoms with E-state index in [9.17, 15) is 0 Å². The first-order valence-corrected chi connectivity index (χ1v) is 4.07. The minimum atomic E-state index is 0. The largest absolute Gasteiger partial charge is 1.00 e. The number of rotatable bonds is 0. The van der Waals surface area contributed by atoms with E-state index in [1.165, 1.54) is 16.7 Å². The SMILES string of the molecule is CC1=CC(C)c2ccccc21.[H-].[Na+]. The van der Waals surface area contributed by atoms with Crippen LogP contribution in [0.15, 0.2) is 30.3 Å². The van der Waals surface area contributed by atoms with Crippen LogP contribution in [0.25, 0.3) is 5.57 Å². The Balaban J connectivity index is 0.000000720.